The second-order valence-corrected chi connectivity index (χ2v) is 3.96. The molecule has 1 unspecified atom stereocenters. The van der Waals surface area contributed by atoms with Gasteiger partial charge in [0.15, 0.2) is 0 Å². The Morgan fingerprint density at radius 2 is 2.11 bits per heavy atom. The predicted molar refractivity (Wildman–Crippen MR) is 71.5 cm³/mol. The number of hydrogen-bond acceptors (Lipinski definition) is 4. The summed E-state index contributed by atoms with van der Waals surface area (Å²) in [5.74, 6) is -0.243. The van der Waals surface area contributed by atoms with Gasteiger partial charge in [-0.25, -0.2) is 4.79 Å². The third kappa shape index (κ3) is 4.75. The quantitative estimate of drug-likeness (QED) is 0.757. The van der Waals surface area contributed by atoms with Crippen molar-refractivity contribution in [2.45, 2.75) is 33.4 Å². The number of carbonyl (C=O) groups is 1. The predicted octanol–water partition coefficient (Wildman–Crippen LogP) is 2.59. The molecule has 1 aromatic carbocycles. The third-order valence-corrected chi connectivity index (χ3v) is 2.42. The molecule has 18 heavy (non-hydrogen) atoms. The molecular formula is C14H21NO3. The first kappa shape index (κ1) is 14.5. The topological polar surface area (TPSA) is 47.6 Å². The molecule has 0 aliphatic heterocycles. The fourth-order valence-electron chi connectivity index (χ4n) is 1.55. The molecule has 0 spiro atoms. The van der Waals surface area contributed by atoms with Crippen LogP contribution in [0.15, 0.2) is 24.3 Å². The van der Waals surface area contributed by atoms with Crippen LogP contribution < -0.4 is 5.32 Å². The number of hydrogen-bond donors (Lipinski definition) is 1. The zero-order valence-electron chi connectivity index (χ0n) is 11.2. The minimum Gasteiger partial charge on any atom is -0.464 e. The van der Waals surface area contributed by atoms with Crippen LogP contribution in [0.4, 0.5) is 5.69 Å². The number of benzene rings is 1. The van der Waals surface area contributed by atoms with Crippen LogP contribution >= 0.6 is 0 Å². The van der Waals surface area contributed by atoms with Gasteiger partial charge in [-0.3, -0.25) is 0 Å². The summed E-state index contributed by atoms with van der Waals surface area (Å²) in [7, 11) is 0. The van der Waals surface area contributed by atoms with E-state index in [1.54, 1.807) is 13.8 Å². The lowest BCUT2D eigenvalue weighted by Crippen LogP contribution is -2.28. The Morgan fingerprint density at radius 1 is 1.33 bits per heavy atom. The molecule has 0 amide bonds. The van der Waals surface area contributed by atoms with Gasteiger partial charge in [0.05, 0.1) is 13.2 Å². The Balaban J connectivity index is 2.58. The molecule has 0 saturated heterocycles. The zero-order valence-corrected chi connectivity index (χ0v) is 11.2. The van der Waals surface area contributed by atoms with Crippen molar-refractivity contribution < 1.29 is 14.3 Å². The number of esters is 1. The molecule has 0 fully saturated rings. The van der Waals surface area contributed by atoms with Crippen LogP contribution in [-0.2, 0) is 20.9 Å². The SMILES string of the molecule is CCOCc1cccc(NC(C)C(=O)OCC)c1. The molecule has 1 rings (SSSR count). The van der Waals surface area contributed by atoms with E-state index in [0.29, 0.717) is 19.8 Å². The number of rotatable bonds is 7. The maximum Gasteiger partial charge on any atom is 0.328 e. The van der Waals surface area contributed by atoms with Gasteiger partial charge in [0.2, 0.25) is 0 Å². The van der Waals surface area contributed by atoms with Gasteiger partial charge in [0, 0.05) is 12.3 Å². The molecule has 0 saturated carbocycles. The Bertz CT molecular complexity index is 379. The maximum atomic E-state index is 11.5. The van der Waals surface area contributed by atoms with Crippen LogP contribution in [-0.4, -0.2) is 25.2 Å². The first-order chi connectivity index (χ1) is 8.67. The Labute approximate surface area is 108 Å². The van der Waals surface area contributed by atoms with Crippen molar-refractivity contribution in [1.29, 1.82) is 0 Å². The average molecular weight is 251 g/mol. The van der Waals surface area contributed by atoms with Crippen LogP contribution in [0.2, 0.25) is 0 Å². The highest BCUT2D eigenvalue weighted by atomic mass is 16.5. The van der Waals surface area contributed by atoms with E-state index in [-0.39, 0.29) is 12.0 Å². The lowest BCUT2D eigenvalue weighted by molar-refractivity contribution is -0.143. The minimum atomic E-state index is -0.354. The number of nitrogens with one attached hydrogen (secondary N) is 1. The highest BCUT2D eigenvalue weighted by Crippen LogP contribution is 2.13. The second kappa shape index (κ2) is 7.71. The number of ether oxygens (including phenoxy) is 2. The maximum absolute atomic E-state index is 11.5. The smallest absolute Gasteiger partial charge is 0.328 e. The summed E-state index contributed by atoms with van der Waals surface area (Å²) < 4.78 is 10.3. The highest BCUT2D eigenvalue weighted by Gasteiger charge is 2.13. The second-order valence-electron chi connectivity index (χ2n) is 3.96. The van der Waals surface area contributed by atoms with E-state index in [2.05, 4.69) is 5.32 Å². The molecule has 4 heteroatoms. The third-order valence-electron chi connectivity index (χ3n) is 2.42. The summed E-state index contributed by atoms with van der Waals surface area (Å²) >= 11 is 0. The molecule has 0 heterocycles. The first-order valence-corrected chi connectivity index (χ1v) is 6.27. The Kier molecular flexibility index (Phi) is 6.22. The van der Waals surface area contributed by atoms with Crippen LogP contribution in [0.1, 0.15) is 26.3 Å². The summed E-state index contributed by atoms with van der Waals surface area (Å²) in [4.78, 5) is 11.5. The fraction of sp³-hybridized carbons (Fsp3) is 0.500. The monoisotopic (exact) mass is 251 g/mol. The van der Waals surface area contributed by atoms with Gasteiger partial charge in [0.25, 0.3) is 0 Å². The highest BCUT2D eigenvalue weighted by molar-refractivity contribution is 5.78. The van der Waals surface area contributed by atoms with E-state index < -0.39 is 0 Å². The summed E-state index contributed by atoms with van der Waals surface area (Å²) in [6, 6.07) is 7.48. The van der Waals surface area contributed by atoms with E-state index >= 15 is 0 Å². The number of carbonyl (C=O) groups excluding carboxylic acids is 1. The molecule has 100 valence electrons. The van der Waals surface area contributed by atoms with Crippen molar-refractivity contribution in [3.8, 4) is 0 Å². The van der Waals surface area contributed by atoms with Crippen molar-refractivity contribution in [2.24, 2.45) is 0 Å². The van der Waals surface area contributed by atoms with Gasteiger partial charge in [-0.15, -0.1) is 0 Å². The normalized spacial score (nSPS) is 11.9. The molecule has 0 bridgehead atoms. The van der Waals surface area contributed by atoms with Crippen molar-refractivity contribution in [1.82, 2.24) is 0 Å². The van der Waals surface area contributed by atoms with Crippen molar-refractivity contribution in [3.05, 3.63) is 29.8 Å². The molecule has 1 atom stereocenters. The molecule has 1 N–H and O–H groups in total. The summed E-state index contributed by atoms with van der Waals surface area (Å²) in [6.07, 6.45) is 0. The van der Waals surface area contributed by atoms with Gasteiger partial charge in [-0.05, 0) is 38.5 Å². The largest absolute Gasteiger partial charge is 0.464 e. The van der Waals surface area contributed by atoms with Gasteiger partial charge in [-0.2, -0.15) is 0 Å². The molecule has 0 aromatic heterocycles. The summed E-state index contributed by atoms with van der Waals surface area (Å²) in [5.41, 5.74) is 1.98. The van der Waals surface area contributed by atoms with Crippen LogP contribution in [0, 0.1) is 0 Å². The average Bonchev–Trinajstić information content (AvgIpc) is 2.37. The lowest BCUT2D eigenvalue weighted by atomic mass is 10.2. The van der Waals surface area contributed by atoms with Gasteiger partial charge in [0.1, 0.15) is 6.04 Å². The van der Waals surface area contributed by atoms with Crippen molar-refractivity contribution in [3.63, 3.8) is 0 Å². The Morgan fingerprint density at radius 3 is 2.78 bits per heavy atom. The minimum absolute atomic E-state index is 0.243. The molecule has 0 radical (unpaired) electrons. The van der Waals surface area contributed by atoms with Crippen LogP contribution in [0.3, 0.4) is 0 Å². The van der Waals surface area contributed by atoms with E-state index in [4.69, 9.17) is 9.47 Å². The molecule has 0 aliphatic rings. The summed E-state index contributed by atoms with van der Waals surface area (Å²) in [5, 5.41) is 3.11. The molecule has 0 aliphatic carbocycles. The van der Waals surface area contributed by atoms with Crippen LogP contribution in [0.25, 0.3) is 0 Å². The lowest BCUT2D eigenvalue weighted by Gasteiger charge is -2.14. The van der Waals surface area contributed by atoms with E-state index in [1.165, 1.54) is 0 Å². The first-order valence-electron chi connectivity index (χ1n) is 6.27. The summed E-state index contributed by atoms with van der Waals surface area (Å²) in [6.45, 7) is 7.22. The molecular weight excluding hydrogens is 230 g/mol. The van der Waals surface area contributed by atoms with Crippen molar-refractivity contribution in [2.75, 3.05) is 18.5 Å². The van der Waals surface area contributed by atoms with E-state index in [1.807, 2.05) is 31.2 Å². The van der Waals surface area contributed by atoms with Crippen molar-refractivity contribution >= 4 is 11.7 Å². The standard InChI is InChI=1S/C14H21NO3/c1-4-17-10-12-7-6-8-13(9-12)15-11(3)14(16)18-5-2/h6-9,11,15H,4-5,10H2,1-3H3. The van der Waals surface area contributed by atoms with E-state index in [0.717, 1.165) is 11.3 Å². The Hall–Kier alpha value is -1.55. The zero-order chi connectivity index (χ0) is 13.4. The molecule has 1 aromatic rings. The van der Waals surface area contributed by atoms with Crippen LogP contribution in [0.5, 0.6) is 0 Å². The van der Waals surface area contributed by atoms with Gasteiger partial charge < -0.3 is 14.8 Å². The van der Waals surface area contributed by atoms with E-state index in [9.17, 15) is 4.79 Å². The fourth-order valence-corrected chi connectivity index (χ4v) is 1.55. The van der Waals surface area contributed by atoms with Gasteiger partial charge >= 0.3 is 5.97 Å². The van der Waals surface area contributed by atoms with Gasteiger partial charge in [-0.1, -0.05) is 12.1 Å². The molecule has 4 nitrogen and oxygen atoms in total. The number of anilines is 1.